The largest absolute Gasteiger partial charge is 0.490 e. The van der Waals surface area contributed by atoms with E-state index in [1.54, 1.807) is 4.90 Å². The second-order valence-electron chi connectivity index (χ2n) is 8.57. The number of benzene rings is 2. The number of nitrogens with zero attached hydrogens (tertiary/aromatic N) is 2. The van der Waals surface area contributed by atoms with Gasteiger partial charge in [-0.3, -0.25) is 9.59 Å². The molecule has 0 saturated carbocycles. The maximum absolute atomic E-state index is 13.4. The summed E-state index contributed by atoms with van der Waals surface area (Å²) in [4.78, 5) is 29.8. The first kappa shape index (κ1) is 22.2. The van der Waals surface area contributed by atoms with Gasteiger partial charge < -0.3 is 19.3 Å². The molecule has 0 bridgehead atoms. The van der Waals surface area contributed by atoms with E-state index in [0.29, 0.717) is 32.8 Å². The molecule has 2 heterocycles. The Bertz CT molecular complexity index is 1030. The van der Waals surface area contributed by atoms with Crippen LogP contribution in [-0.2, 0) is 22.6 Å². The third-order valence-corrected chi connectivity index (χ3v) is 6.53. The number of hydrogen-bond acceptors (Lipinski definition) is 4. The Kier molecular flexibility index (Phi) is 6.40. The van der Waals surface area contributed by atoms with Crippen LogP contribution in [0.3, 0.4) is 0 Å². The Morgan fingerprint density at radius 2 is 1.75 bits per heavy atom. The highest BCUT2D eigenvalue weighted by atomic mass is 16.5. The molecule has 32 heavy (non-hydrogen) atoms. The average molecular weight is 437 g/mol. The van der Waals surface area contributed by atoms with Crippen LogP contribution in [0, 0.1) is 19.8 Å². The first-order valence-electron chi connectivity index (χ1n) is 11.5. The van der Waals surface area contributed by atoms with E-state index in [2.05, 4.69) is 0 Å². The molecule has 0 N–H and O–H groups in total. The normalized spacial score (nSPS) is 18.0. The van der Waals surface area contributed by atoms with Crippen LogP contribution in [0.2, 0.25) is 0 Å². The summed E-state index contributed by atoms with van der Waals surface area (Å²) in [5.74, 6) is 1.26. The molecule has 4 rings (SSSR count). The van der Waals surface area contributed by atoms with Crippen molar-refractivity contribution in [2.24, 2.45) is 5.92 Å². The van der Waals surface area contributed by atoms with Crippen molar-refractivity contribution in [1.29, 1.82) is 0 Å². The van der Waals surface area contributed by atoms with E-state index in [4.69, 9.17) is 9.47 Å². The standard InChI is InChI=1S/C26H32N2O4/c1-5-31-23-12-19-10-11-27(15-20(19)13-24(23)32-6-2)26(30)21-14-25(29)28(16-21)22-9-7-8-17(3)18(22)4/h7-9,12-13,21H,5-6,10-11,14-16H2,1-4H3. The Balaban J connectivity index is 1.50. The molecule has 170 valence electrons. The van der Waals surface area contributed by atoms with Crippen molar-refractivity contribution in [2.75, 3.05) is 31.2 Å². The molecule has 2 aromatic rings. The van der Waals surface area contributed by atoms with Gasteiger partial charge in [0.15, 0.2) is 11.5 Å². The van der Waals surface area contributed by atoms with E-state index in [1.807, 2.05) is 62.9 Å². The maximum atomic E-state index is 13.4. The van der Waals surface area contributed by atoms with Gasteiger partial charge in [-0.1, -0.05) is 12.1 Å². The van der Waals surface area contributed by atoms with Crippen molar-refractivity contribution in [1.82, 2.24) is 4.90 Å². The highest BCUT2D eigenvalue weighted by Crippen LogP contribution is 2.35. The molecule has 2 aromatic carbocycles. The second-order valence-corrected chi connectivity index (χ2v) is 8.57. The van der Waals surface area contributed by atoms with Crippen molar-refractivity contribution in [3.8, 4) is 11.5 Å². The minimum absolute atomic E-state index is 0.0226. The number of aryl methyl sites for hydroxylation is 1. The number of carbonyl (C=O) groups is 2. The average Bonchev–Trinajstić information content (AvgIpc) is 3.17. The highest BCUT2D eigenvalue weighted by Gasteiger charge is 2.38. The number of carbonyl (C=O) groups excluding carboxylic acids is 2. The summed E-state index contributed by atoms with van der Waals surface area (Å²) in [6, 6.07) is 10.0. The van der Waals surface area contributed by atoms with Crippen molar-refractivity contribution in [2.45, 2.75) is 47.1 Å². The molecule has 0 radical (unpaired) electrons. The Morgan fingerprint density at radius 3 is 2.44 bits per heavy atom. The molecule has 2 aliphatic rings. The van der Waals surface area contributed by atoms with Crippen LogP contribution in [0.5, 0.6) is 11.5 Å². The summed E-state index contributed by atoms with van der Waals surface area (Å²) < 4.78 is 11.5. The van der Waals surface area contributed by atoms with E-state index < -0.39 is 0 Å². The van der Waals surface area contributed by atoms with Crippen LogP contribution in [0.15, 0.2) is 30.3 Å². The van der Waals surface area contributed by atoms with Crippen molar-refractivity contribution < 1.29 is 19.1 Å². The van der Waals surface area contributed by atoms with Crippen LogP contribution in [0.4, 0.5) is 5.69 Å². The summed E-state index contributed by atoms with van der Waals surface area (Å²) in [5, 5.41) is 0. The third-order valence-electron chi connectivity index (χ3n) is 6.53. The minimum atomic E-state index is -0.307. The Labute approximate surface area is 190 Å². The summed E-state index contributed by atoms with van der Waals surface area (Å²) >= 11 is 0. The van der Waals surface area contributed by atoms with Crippen molar-refractivity contribution >= 4 is 17.5 Å². The molecule has 6 nitrogen and oxygen atoms in total. The topological polar surface area (TPSA) is 59.1 Å². The van der Waals surface area contributed by atoms with Gasteiger partial charge in [0.05, 0.1) is 19.1 Å². The monoisotopic (exact) mass is 436 g/mol. The van der Waals surface area contributed by atoms with E-state index in [-0.39, 0.29) is 24.2 Å². The summed E-state index contributed by atoms with van der Waals surface area (Å²) in [7, 11) is 0. The number of ether oxygens (including phenoxy) is 2. The van der Waals surface area contributed by atoms with Crippen LogP contribution in [-0.4, -0.2) is 43.0 Å². The second kappa shape index (κ2) is 9.23. The molecular formula is C26H32N2O4. The lowest BCUT2D eigenvalue weighted by Crippen LogP contribution is -2.40. The third kappa shape index (κ3) is 4.18. The Hall–Kier alpha value is -3.02. The van der Waals surface area contributed by atoms with Gasteiger partial charge in [0.1, 0.15) is 0 Å². The molecule has 1 fully saturated rings. The predicted molar refractivity (Wildman–Crippen MR) is 124 cm³/mol. The van der Waals surface area contributed by atoms with Crippen molar-refractivity contribution in [3.63, 3.8) is 0 Å². The van der Waals surface area contributed by atoms with E-state index in [0.717, 1.165) is 40.3 Å². The lowest BCUT2D eigenvalue weighted by Gasteiger charge is -2.31. The van der Waals surface area contributed by atoms with E-state index in [1.165, 1.54) is 5.56 Å². The number of hydrogen-bond donors (Lipinski definition) is 0. The first-order chi connectivity index (χ1) is 15.4. The fourth-order valence-electron chi connectivity index (χ4n) is 4.68. The zero-order valence-corrected chi connectivity index (χ0v) is 19.4. The molecule has 0 spiro atoms. The first-order valence-corrected chi connectivity index (χ1v) is 11.5. The summed E-state index contributed by atoms with van der Waals surface area (Å²) in [6.45, 7) is 10.7. The molecule has 2 aliphatic heterocycles. The molecule has 1 atom stereocenters. The smallest absolute Gasteiger partial charge is 0.228 e. The lowest BCUT2D eigenvalue weighted by molar-refractivity contribution is -0.136. The zero-order chi connectivity index (χ0) is 22.8. The number of fused-ring (bicyclic) bond motifs is 1. The highest BCUT2D eigenvalue weighted by molar-refractivity contribution is 6.01. The number of amides is 2. The van der Waals surface area contributed by atoms with Gasteiger partial charge in [-0.05, 0) is 74.6 Å². The van der Waals surface area contributed by atoms with Gasteiger partial charge in [-0.2, -0.15) is 0 Å². The number of anilines is 1. The lowest BCUT2D eigenvalue weighted by atomic mass is 9.97. The van der Waals surface area contributed by atoms with E-state index >= 15 is 0 Å². The molecular weight excluding hydrogens is 404 g/mol. The summed E-state index contributed by atoms with van der Waals surface area (Å²) in [6.07, 6.45) is 1.04. The van der Waals surface area contributed by atoms with Gasteiger partial charge in [-0.25, -0.2) is 0 Å². The van der Waals surface area contributed by atoms with Gasteiger partial charge in [0.2, 0.25) is 11.8 Å². The molecule has 1 unspecified atom stereocenters. The molecule has 0 aliphatic carbocycles. The van der Waals surface area contributed by atoms with Gasteiger partial charge in [0, 0.05) is 31.7 Å². The van der Waals surface area contributed by atoms with Crippen LogP contribution in [0.1, 0.15) is 42.5 Å². The van der Waals surface area contributed by atoms with E-state index in [9.17, 15) is 9.59 Å². The van der Waals surface area contributed by atoms with Crippen LogP contribution >= 0.6 is 0 Å². The van der Waals surface area contributed by atoms with Crippen LogP contribution < -0.4 is 14.4 Å². The van der Waals surface area contributed by atoms with Crippen LogP contribution in [0.25, 0.3) is 0 Å². The van der Waals surface area contributed by atoms with Gasteiger partial charge >= 0.3 is 0 Å². The minimum Gasteiger partial charge on any atom is -0.490 e. The maximum Gasteiger partial charge on any atom is 0.228 e. The van der Waals surface area contributed by atoms with Gasteiger partial charge in [-0.15, -0.1) is 0 Å². The number of rotatable bonds is 6. The fourth-order valence-corrected chi connectivity index (χ4v) is 4.68. The predicted octanol–water partition coefficient (Wildman–Crippen LogP) is 4.04. The quantitative estimate of drug-likeness (QED) is 0.686. The molecule has 6 heteroatoms. The SMILES string of the molecule is CCOc1cc2c(cc1OCC)CN(C(=O)C1CC(=O)N(c3cccc(C)c3C)C1)CC2. The molecule has 2 amide bonds. The van der Waals surface area contributed by atoms with Gasteiger partial charge in [0.25, 0.3) is 0 Å². The fraction of sp³-hybridized carbons (Fsp3) is 0.462. The van der Waals surface area contributed by atoms with Crippen molar-refractivity contribution in [3.05, 3.63) is 52.6 Å². The zero-order valence-electron chi connectivity index (χ0n) is 19.4. The Morgan fingerprint density at radius 1 is 1.06 bits per heavy atom. The summed E-state index contributed by atoms with van der Waals surface area (Å²) in [5.41, 5.74) is 5.44. The molecule has 0 aromatic heterocycles. The molecule has 1 saturated heterocycles.